The van der Waals surface area contributed by atoms with E-state index in [1.165, 1.54) is 0 Å². The minimum Gasteiger partial charge on any atom is -0.381 e. The molecule has 1 aliphatic heterocycles. The van der Waals surface area contributed by atoms with E-state index in [0.717, 1.165) is 37.1 Å². The van der Waals surface area contributed by atoms with Gasteiger partial charge < -0.3 is 9.72 Å². The number of aromatic amines is 1. The third kappa shape index (κ3) is 2.06. The molecule has 0 amide bonds. The van der Waals surface area contributed by atoms with E-state index in [-0.39, 0.29) is 5.69 Å². The van der Waals surface area contributed by atoms with Crippen LogP contribution in [0, 0.1) is 5.92 Å². The molecule has 0 spiro atoms. The second kappa shape index (κ2) is 4.78. The van der Waals surface area contributed by atoms with Crippen molar-refractivity contribution >= 4 is 22.6 Å². The van der Waals surface area contributed by atoms with Gasteiger partial charge in [-0.15, -0.1) is 0 Å². The van der Waals surface area contributed by atoms with E-state index in [4.69, 9.17) is 16.3 Å². The highest BCUT2D eigenvalue weighted by Gasteiger charge is 2.18. The molecule has 0 atom stereocenters. The average molecular weight is 267 g/mol. The summed E-state index contributed by atoms with van der Waals surface area (Å²) in [7, 11) is 0. The molecule has 3 rings (SSSR count). The highest BCUT2D eigenvalue weighted by Crippen LogP contribution is 2.23. The van der Waals surface area contributed by atoms with Crippen LogP contribution < -0.4 is 5.69 Å². The Hall–Kier alpha value is -1.26. The summed E-state index contributed by atoms with van der Waals surface area (Å²) in [6, 6.07) is 5.54. The van der Waals surface area contributed by atoms with E-state index in [0.29, 0.717) is 17.5 Å². The summed E-state index contributed by atoms with van der Waals surface area (Å²) in [5.41, 5.74) is 1.54. The topological polar surface area (TPSA) is 47.0 Å². The van der Waals surface area contributed by atoms with Crippen molar-refractivity contribution in [3.05, 3.63) is 33.7 Å². The molecule has 0 aliphatic carbocycles. The molecule has 0 unspecified atom stereocenters. The van der Waals surface area contributed by atoms with Crippen LogP contribution in [0.15, 0.2) is 23.0 Å². The Labute approximate surface area is 110 Å². The second-order valence-corrected chi connectivity index (χ2v) is 5.14. The number of nitrogens with zero attached hydrogens (tertiary/aromatic N) is 1. The minimum atomic E-state index is -0.0791. The number of rotatable bonds is 2. The zero-order chi connectivity index (χ0) is 12.5. The van der Waals surface area contributed by atoms with Crippen LogP contribution >= 0.6 is 11.6 Å². The van der Waals surface area contributed by atoms with Crippen LogP contribution in [-0.4, -0.2) is 22.8 Å². The third-order valence-corrected chi connectivity index (χ3v) is 3.83. The summed E-state index contributed by atoms with van der Waals surface area (Å²) in [6.07, 6.45) is 2.01. The van der Waals surface area contributed by atoms with Crippen LogP contribution in [-0.2, 0) is 11.3 Å². The Bertz CT molecular complexity index is 611. The molecule has 96 valence electrons. The molecule has 1 aromatic carbocycles. The Morgan fingerprint density at radius 1 is 1.39 bits per heavy atom. The fourth-order valence-corrected chi connectivity index (χ4v) is 2.81. The van der Waals surface area contributed by atoms with Crippen molar-refractivity contribution in [2.45, 2.75) is 19.4 Å². The predicted octanol–water partition coefficient (Wildman–Crippen LogP) is 2.41. The Kier molecular flexibility index (Phi) is 3.14. The van der Waals surface area contributed by atoms with Gasteiger partial charge in [0, 0.05) is 19.8 Å². The summed E-state index contributed by atoms with van der Waals surface area (Å²) in [5, 5.41) is 0.623. The first-order valence-corrected chi connectivity index (χ1v) is 6.58. The predicted molar refractivity (Wildman–Crippen MR) is 71.1 cm³/mol. The fraction of sp³-hybridized carbons (Fsp3) is 0.462. The van der Waals surface area contributed by atoms with Gasteiger partial charge in [-0.1, -0.05) is 17.7 Å². The summed E-state index contributed by atoms with van der Waals surface area (Å²) >= 11 is 6.19. The molecule has 2 heterocycles. The first-order valence-electron chi connectivity index (χ1n) is 6.20. The highest BCUT2D eigenvalue weighted by molar-refractivity contribution is 6.34. The zero-order valence-electron chi connectivity index (χ0n) is 9.99. The molecule has 1 fully saturated rings. The van der Waals surface area contributed by atoms with Crippen LogP contribution in [0.3, 0.4) is 0 Å². The molecule has 4 nitrogen and oxygen atoms in total. The monoisotopic (exact) mass is 266 g/mol. The van der Waals surface area contributed by atoms with E-state index in [1.807, 2.05) is 18.2 Å². The van der Waals surface area contributed by atoms with Crippen LogP contribution in [0.25, 0.3) is 11.0 Å². The number of fused-ring (bicyclic) bond motifs is 1. The summed E-state index contributed by atoms with van der Waals surface area (Å²) < 4.78 is 7.10. The lowest BCUT2D eigenvalue weighted by Crippen LogP contribution is -2.25. The first-order chi connectivity index (χ1) is 8.75. The number of nitrogens with one attached hydrogen (secondary N) is 1. The molecule has 1 N–H and O–H groups in total. The number of ether oxygens (including phenoxy) is 1. The molecule has 2 aromatic rings. The molecule has 1 aliphatic rings. The maximum Gasteiger partial charge on any atom is 0.326 e. The quantitative estimate of drug-likeness (QED) is 0.907. The normalized spacial score (nSPS) is 17.4. The number of hydrogen-bond acceptors (Lipinski definition) is 2. The summed E-state index contributed by atoms with van der Waals surface area (Å²) in [6.45, 7) is 2.29. The van der Waals surface area contributed by atoms with Crippen LogP contribution in [0.1, 0.15) is 12.8 Å². The Morgan fingerprint density at radius 2 is 2.17 bits per heavy atom. The number of para-hydroxylation sites is 1. The van der Waals surface area contributed by atoms with Gasteiger partial charge in [0.05, 0.1) is 16.1 Å². The summed E-state index contributed by atoms with van der Waals surface area (Å²) in [4.78, 5) is 14.8. The fourth-order valence-electron chi connectivity index (χ4n) is 2.54. The molecule has 18 heavy (non-hydrogen) atoms. The number of hydrogen-bond donors (Lipinski definition) is 1. The number of halogens is 1. The van der Waals surface area contributed by atoms with Crippen molar-refractivity contribution in [2.24, 2.45) is 5.92 Å². The molecule has 0 saturated carbocycles. The lowest BCUT2D eigenvalue weighted by atomic mass is 10.0. The van der Waals surface area contributed by atoms with Gasteiger partial charge in [0.2, 0.25) is 0 Å². The van der Waals surface area contributed by atoms with Gasteiger partial charge in [-0.3, -0.25) is 4.57 Å². The van der Waals surface area contributed by atoms with Gasteiger partial charge >= 0.3 is 5.69 Å². The number of H-pyrrole nitrogens is 1. The van der Waals surface area contributed by atoms with E-state index in [1.54, 1.807) is 4.57 Å². The number of aromatic nitrogens is 2. The molecular formula is C13H15ClN2O2. The summed E-state index contributed by atoms with van der Waals surface area (Å²) in [5.74, 6) is 0.492. The van der Waals surface area contributed by atoms with E-state index in [9.17, 15) is 4.79 Å². The van der Waals surface area contributed by atoms with E-state index >= 15 is 0 Å². The highest BCUT2D eigenvalue weighted by atomic mass is 35.5. The van der Waals surface area contributed by atoms with Gasteiger partial charge in [0.25, 0.3) is 0 Å². The van der Waals surface area contributed by atoms with E-state index < -0.39 is 0 Å². The molecule has 0 bridgehead atoms. The minimum absolute atomic E-state index is 0.0791. The molecular weight excluding hydrogens is 252 g/mol. The van der Waals surface area contributed by atoms with Gasteiger partial charge in [0.15, 0.2) is 0 Å². The van der Waals surface area contributed by atoms with Gasteiger partial charge in [-0.05, 0) is 30.9 Å². The van der Waals surface area contributed by atoms with Crippen LogP contribution in [0.4, 0.5) is 0 Å². The number of benzene rings is 1. The molecule has 1 saturated heterocycles. The Morgan fingerprint density at radius 3 is 2.94 bits per heavy atom. The largest absolute Gasteiger partial charge is 0.381 e. The second-order valence-electron chi connectivity index (χ2n) is 4.73. The zero-order valence-corrected chi connectivity index (χ0v) is 10.7. The van der Waals surface area contributed by atoms with Crippen molar-refractivity contribution in [2.75, 3.05) is 13.2 Å². The number of imidazole rings is 1. The maximum absolute atomic E-state index is 12.0. The molecule has 5 heteroatoms. The van der Waals surface area contributed by atoms with Gasteiger partial charge in [-0.2, -0.15) is 0 Å². The maximum atomic E-state index is 12.0. The van der Waals surface area contributed by atoms with Crippen molar-refractivity contribution in [3.63, 3.8) is 0 Å². The smallest absolute Gasteiger partial charge is 0.326 e. The lowest BCUT2D eigenvalue weighted by molar-refractivity contribution is 0.0613. The van der Waals surface area contributed by atoms with Crippen molar-refractivity contribution < 1.29 is 4.74 Å². The average Bonchev–Trinajstić information content (AvgIpc) is 2.69. The standard InChI is InChI=1S/C13H15ClN2O2/c14-10-2-1-3-11-12(10)16(13(17)15-11)8-9-4-6-18-7-5-9/h1-3,9H,4-8H2,(H,15,17). The first kappa shape index (κ1) is 11.8. The van der Waals surface area contributed by atoms with Crippen LogP contribution in [0.2, 0.25) is 5.02 Å². The van der Waals surface area contributed by atoms with Crippen molar-refractivity contribution in [1.82, 2.24) is 9.55 Å². The third-order valence-electron chi connectivity index (χ3n) is 3.53. The van der Waals surface area contributed by atoms with E-state index in [2.05, 4.69) is 4.98 Å². The lowest BCUT2D eigenvalue weighted by Gasteiger charge is -2.22. The SMILES string of the molecule is O=c1[nH]c2cccc(Cl)c2n1CC1CCOCC1. The van der Waals surface area contributed by atoms with Crippen LogP contribution in [0.5, 0.6) is 0 Å². The molecule has 0 radical (unpaired) electrons. The Balaban J connectivity index is 2.00. The van der Waals surface area contributed by atoms with Crippen molar-refractivity contribution in [3.8, 4) is 0 Å². The van der Waals surface area contributed by atoms with Crippen molar-refractivity contribution in [1.29, 1.82) is 0 Å². The van der Waals surface area contributed by atoms with Gasteiger partial charge in [-0.25, -0.2) is 4.79 Å². The van der Waals surface area contributed by atoms with Gasteiger partial charge in [0.1, 0.15) is 0 Å². The molecule has 1 aromatic heterocycles.